The number of carbonyl (C=O) groups excluding carboxylic acids is 3. The van der Waals surface area contributed by atoms with Gasteiger partial charge in [-0.3, -0.25) is 14.4 Å². The van der Waals surface area contributed by atoms with Crippen LogP contribution in [0.4, 0.5) is 5.69 Å². The number of amides is 1. The summed E-state index contributed by atoms with van der Waals surface area (Å²) in [6.07, 6.45) is 0. The number of esters is 2. The Morgan fingerprint density at radius 1 is 1.12 bits per heavy atom. The van der Waals surface area contributed by atoms with Crippen LogP contribution < -0.4 is 10.9 Å². The van der Waals surface area contributed by atoms with Gasteiger partial charge in [-0.2, -0.15) is 0 Å². The number of carbonyl (C=O) groups is 3. The second kappa shape index (κ2) is 9.65. The molecule has 2 aromatic heterocycles. The van der Waals surface area contributed by atoms with Crippen LogP contribution in [-0.4, -0.2) is 39.7 Å². The van der Waals surface area contributed by atoms with Crippen LogP contribution in [0, 0.1) is 5.41 Å². The molecule has 3 N–H and O–H groups in total. The van der Waals surface area contributed by atoms with Gasteiger partial charge >= 0.3 is 11.9 Å². The minimum atomic E-state index is -1.16. The predicted molar refractivity (Wildman–Crippen MR) is 120 cm³/mol. The van der Waals surface area contributed by atoms with Gasteiger partial charge in [-0.1, -0.05) is 18.2 Å². The van der Waals surface area contributed by atoms with Crippen LogP contribution in [0.25, 0.3) is 10.7 Å². The molecular weight excluding hydrogens is 450 g/mol. The number of anilines is 1. The highest BCUT2D eigenvalue weighted by atomic mass is 32.1. The van der Waals surface area contributed by atoms with Gasteiger partial charge < -0.3 is 24.9 Å². The highest BCUT2D eigenvalue weighted by Crippen LogP contribution is 2.32. The van der Waals surface area contributed by atoms with Crippen molar-refractivity contribution in [2.75, 3.05) is 12.1 Å². The molecule has 3 rings (SSSR count). The largest absolute Gasteiger partial charge is 0.501 e. The molecule has 0 saturated carbocycles. The van der Waals surface area contributed by atoms with Gasteiger partial charge in [0.15, 0.2) is 11.5 Å². The van der Waals surface area contributed by atoms with Crippen LogP contribution in [-0.2, 0) is 14.3 Å². The van der Waals surface area contributed by atoms with Gasteiger partial charge in [0.1, 0.15) is 0 Å². The fourth-order valence-corrected chi connectivity index (χ4v) is 3.31. The van der Waals surface area contributed by atoms with Crippen molar-refractivity contribution in [3.05, 3.63) is 63.4 Å². The van der Waals surface area contributed by atoms with E-state index in [4.69, 9.17) is 9.47 Å². The van der Waals surface area contributed by atoms with Crippen LogP contribution in [0.3, 0.4) is 0 Å². The second-order valence-corrected chi connectivity index (χ2v) is 8.74. The zero-order valence-electron chi connectivity index (χ0n) is 18.0. The van der Waals surface area contributed by atoms with Crippen molar-refractivity contribution in [3.63, 3.8) is 0 Å². The zero-order chi connectivity index (χ0) is 24.2. The standard InChI is InChI=1S/C22H21N3O7S/c1-22(2,3)21(30)32-11-31-20(29)14-15(26)19(28)25-17(24-14)16-13(9-10-33-16)23-18(27)12-7-5-4-6-8-12/h4-10,26H,11H2,1-3H3,(H,23,27)(H,24,25,28). The Morgan fingerprint density at radius 3 is 2.48 bits per heavy atom. The molecule has 10 nitrogen and oxygen atoms in total. The number of aromatic amines is 1. The lowest BCUT2D eigenvalue weighted by Gasteiger charge is -2.16. The lowest BCUT2D eigenvalue weighted by molar-refractivity contribution is -0.161. The molecule has 33 heavy (non-hydrogen) atoms. The Morgan fingerprint density at radius 2 is 1.82 bits per heavy atom. The number of nitrogens with zero attached hydrogens (tertiary/aromatic N) is 1. The fraction of sp³-hybridized carbons (Fsp3) is 0.227. The number of thiophene rings is 1. The lowest BCUT2D eigenvalue weighted by atomic mass is 9.98. The Hall–Kier alpha value is -3.99. The van der Waals surface area contributed by atoms with Crippen molar-refractivity contribution in [2.45, 2.75) is 20.8 Å². The van der Waals surface area contributed by atoms with Crippen LogP contribution in [0.1, 0.15) is 41.6 Å². The van der Waals surface area contributed by atoms with Crippen LogP contribution in [0.5, 0.6) is 5.75 Å². The first-order valence-electron chi connectivity index (χ1n) is 9.70. The molecule has 172 valence electrons. The number of H-pyrrole nitrogens is 1. The molecule has 11 heteroatoms. The van der Waals surface area contributed by atoms with Crippen LogP contribution in [0.15, 0.2) is 46.6 Å². The van der Waals surface area contributed by atoms with Crippen molar-refractivity contribution in [1.29, 1.82) is 0 Å². The summed E-state index contributed by atoms with van der Waals surface area (Å²) in [5.74, 6) is -3.15. The third kappa shape index (κ3) is 5.63. The van der Waals surface area contributed by atoms with Crippen molar-refractivity contribution in [1.82, 2.24) is 9.97 Å². The number of nitrogens with one attached hydrogen (secondary N) is 2. The van der Waals surface area contributed by atoms with Gasteiger partial charge in [-0.15, -0.1) is 11.3 Å². The third-order valence-corrected chi connectivity index (χ3v) is 5.17. The summed E-state index contributed by atoms with van der Waals surface area (Å²) in [5, 5.41) is 14.4. The molecule has 0 atom stereocenters. The van der Waals surface area contributed by atoms with Gasteiger partial charge in [-0.25, -0.2) is 9.78 Å². The van der Waals surface area contributed by atoms with E-state index in [1.807, 2.05) is 0 Å². The van der Waals surface area contributed by atoms with Crippen molar-refractivity contribution in [2.24, 2.45) is 5.41 Å². The molecule has 0 aliphatic heterocycles. The summed E-state index contributed by atoms with van der Waals surface area (Å²) < 4.78 is 9.68. The molecular formula is C22H21N3O7S. The Labute approximate surface area is 192 Å². The van der Waals surface area contributed by atoms with E-state index >= 15 is 0 Å². The monoisotopic (exact) mass is 471 g/mol. The first-order valence-corrected chi connectivity index (χ1v) is 10.6. The number of ether oxygens (including phenoxy) is 2. The number of hydrogen-bond donors (Lipinski definition) is 3. The molecule has 0 saturated heterocycles. The summed E-state index contributed by atoms with van der Waals surface area (Å²) in [5.41, 5.74) is -1.66. The molecule has 3 aromatic rings. The van der Waals surface area contributed by atoms with Gasteiger partial charge in [0.25, 0.3) is 11.5 Å². The molecule has 0 bridgehead atoms. The topological polar surface area (TPSA) is 148 Å². The molecule has 0 radical (unpaired) electrons. The fourth-order valence-electron chi connectivity index (χ4n) is 2.51. The van der Waals surface area contributed by atoms with E-state index in [9.17, 15) is 24.3 Å². The predicted octanol–water partition coefficient (Wildman–Crippen LogP) is 3.16. The van der Waals surface area contributed by atoms with Crippen LogP contribution >= 0.6 is 11.3 Å². The number of rotatable bonds is 6. The molecule has 2 heterocycles. The number of benzene rings is 1. The molecule has 0 spiro atoms. The first-order chi connectivity index (χ1) is 15.6. The Kier molecular flexibility index (Phi) is 6.92. The maximum Gasteiger partial charge on any atom is 0.364 e. The average molecular weight is 471 g/mol. The van der Waals surface area contributed by atoms with E-state index in [-0.39, 0.29) is 11.7 Å². The maximum absolute atomic E-state index is 12.5. The maximum atomic E-state index is 12.5. The van der Waals surface area contributed by atoms with E-state index in [1.165, 1.54) is 0 Å². The second-order valence-electron chi connectivity index (χ2n) is 7.83. The normalized spacial score (nSPS) is 11.0. The van der Waals surface area contributed by atoms with E-state index in [0.29, 0.717) is 16.1 Å². The van der Waals surface area contributed by atoms with Crippen molar-refractivity contribution < 1.29 is 29.0 Å². The smallest absolute Gasteiger partial charge is 0.364 e. The van der Waals surface area contributed by atoms with Gasteiger partial charge in [-0.05, 0) is 44.4 Å². The van der Waals surface area contributed by atoms with Gasteiger partial charge in [0.2, 0.25) is 12.5 Å². The van der Waals surface area contributed by atoms with Crippen molar-refractivity contribution in [3.8, 4) is 16.5 Å². The lowest BCUT2D eigenvalue weighted by Crippen LogP contribution is -2.25. The van der Waals surface area contributed by atoms with Gasteiger partial charge in [0.05, 0.1) is 16.0 Å². The molecule has 1 aromatic carbocycles. The van der Waals surface area contributed by atoms with Crippen LogP contribution in [0.2, 0.25) is 0 Å². The minimum Gasteiger partial charge on any atom is -0.501 e. The first kappa shape index (κ1) is 23.7. The minimum absolute atomic E-state index is 0.0604. The summed E-state index contributed by atoms with van der Waals surface area (Å²) in [6, 6.07) is 10.1. The summed E-state index contributed by atoms with van der Waals surface area (Å²) in [7, 11) is 0. The van der Waals surface area contributed by atoms with Gasteiger partial charge in [0, 0.05) is 5.56 Å². The molecule has 0 fully saturated rings. The number of hydrogen-bond acceptors (Lipinski definition) is 9. The SMILES string of the molecule is CC(C)(C)C(=O)OCOC(=O)c1nc(-c2sccc2NC(=O)c2ccccc2)[nH]c(=O)c1O. The van der Waals surface area contributed by atoms with E-state index < -0.39 is 41.1 Å². The third-order valence-electron chi connectivity index (χ3n) is 4.25. The average Bonchev–Trinajstić information content (AvgIpc) is 3.23. The summed E-state index contributed by atoms with van der Waals surface area (Å²) in [6.45, 7) is 4.17. The molecule has 0 aliphatic carbocycles. The zero-order valence-corrected chi connectivity index (χ0v) is 18.8. The quantitative estimate of drug-likeness (QED) is 0.367. The van der Waals surface area contributed by atoms with E-state index in [1.54, 1.807) is 62.5 Å². The summed E-state index contributed by atoms with van der Waals surface area (Å²) >= 11 is 1.15. The molecule has 0 aliphatic rings. The van der Waals surface area contributed by atoms with E-state index in [0.717, 1.165) is 11.3 Å². The van der Waals surface area contributed by atoms with Crippen molar-refractivity contribution >= 4 is 34.9 Å². The summed E-state index contributed by atoms with van der Waals surface area (Å²) in [4.78, 5) is 55.5. The van der Waals surface area contributed by atoms with E-state index in [2.05, 4.69) is 15.3 Å². The Bertz CT molecular complexity index is 1240. The highest BCUT2D eigenvalue weighted by Gasteiger charge is 2.25. The molecule has 1 amide bonds. The Balaban J connectivity index is 1.82. The number of aromatic nitrogens is 2. The number of aromatic hydroxyl groups is 1. The molecule has 0 unspecified atom stereocenters. The highest BCUT2D eigenvalue weighted by molar-refractivity contribution is 7.14.